The van der Waals surface area contributed by atoms with Crippen LogP contribution in [0.25, 0.3) is 0 Å². The molecular weight excluding hydrogens is 246 g/mol. The highest BCUT2D eigenvalue weighted by Crippen LogP contribution is 2.24. The van der Waals surface area contributed by atoms with Crippen LogP contribution in [0.3, 0.4) is 0 Å². The predicted octanol–water partition coefficient (Wildman–Crippen LogP) is 3.52. The maximum absolute atomic E-state index is 5.77. The minimum atomic E-state index is 0.0665. The molecule has 1 rings (SSSR count). The predicted molar refractivity (Wildman–Crippen MR) is 53.1 cm³/mol. The van der Waals surface area contributed by atoms with E-state index in [0.717, 1.165) is 9.63 Å². The van der Waals surface area contributed by atoms with E-state index in [9.17, 15) is 0 Å². The number of hydrogen-bond acceptors (Lipinski definition) is 2. The average molecular weight is 253 g/mol. The molecule has 0 bridgehead atoms. The molecule has 0 saturated heterocycles. The Kier molecular flexibility index (Phi) is 3.69. The molecule has 1 atom stereocenters. The van der Waals surface area contributed by atoms with Crippen LogP contribution in [0, 0.1) is 0 Å². The van der Waals surface area contributed by atoms with Gasteiger partial charge in [0, 0.05) is 0 Å². The molecule has 11 heavy (non-hydrogen) atoms. The molecule has 0 aliphatic rings. The van der Waals surface area contributed by atoms with E-state index in [0.29, 0.717) is 0 Å². The molecular formula is C7H7BrClNS. The smallest absolute Gasteiger partial charge is 0.107 e. The third kappa shape index (κ3) is 3.45. The summed E-state index contributed by atoms with van der Waals surface area (Å²) in [5, 5.41) is 0.946. The van der Waals surface area contributed by atoms with Crippen molar-refractivity contribution in [2.45, 2.75) is 16.7 Å². The van der Waals surface area contributed by atoms with Gasteiger partial charge in [-0.25, -0.2) is 4.98 Å². The molecule has 1 nitrogen and oxygen atoms in total. The number of thioether (sulfide) groups is 1. The van der Waals surface area contributed by atoms with Crippen molar-refractivity contribution in [1.82, 2.24) is 4.98 Å². The quantitative estimate of drug-likeness (QED) is 0.454. The van der Waals surface area contributed by atoms with Crippen LogP contribution >= 0.6 is 39.3 Å². The zero-order valence-electron chi connectivity index (χ0n) is 5.92. The largest absolute Gasteiger partial charge is 0.235 e. The van der Waals surface area contributed by atoms with Crippen molar-refractivity contribution >= 4 is 39.3 Å². The highest BCUT2D eigenvalue weighted by atomic mass is 79.9. The van der Waals surface area contributed by atoms with Gasteiger partial charge in [0.05, 0.1) is 9.74 Å². The molecule has 60 valence electrons. The van der Waals surface area contributed by atoms with Gasteiger partial charge in [-0.2, -0.15) is 0 Å². The van der Waals surface area contributed by atoms with Gasteiger partial charge in [0.25, 0.3) is 0 Å². The van der Waals surface area contributed by atoms with E-state index in [1.54, 1.807) is 0 Å². The molecule has 0 amide bonds. The SMILES string of the molecule is CC(Cl)Sc1cccc(Br)n1. The molecule has 1 aromatic rings. The Bertz CT molecular complexity index is 242. The Balaban J connectivity index is 2.71. The van der Waals surface area contributed by atoms with Gasteiger partial charge in [0.1, 0.15) is 4.60 Å². The van der Waals surface area contributed by atoms with Gasteiger partial charge in [-0.3, -0.25) is 0 Å². The standard InChI is InChI=1S/C7H7BrClNS/c1-5(9)11-7-4-2-3-6(8)10-7/h2-5H,1H3. The molecule has 1 aromatic heterocycles. The number of nitrogens with zero attached hydrogens (tertiary/aromatic N) is 1. The molecule has 1 heterocycles. The Morgan fingerprint density at radius 2 is 2.36 bits per heavy atom. The fourth-order valence-electron chi connectivity index (χ4n) is 0.622. The summed E-state index contributed by atoms with van der Waals surface area (Å²) in [7, 11) is 0. The maximum Gasteiger partial charge on any atom is 0.107 e. The Morgan fingerprint density at radius 1 is 1.64 bits per heavy atom. The summed E-state index contributed by atoms with van der Waals surface area (Å²) in [6, 6.07) is 5.77. The monoisotopic (exact) mass is 251 g/mol. The molecule has 0 fully saturated rings. The van der Waals surface area contributed by atoms with Crippen molar-refractivity contribution < 1.29 is 0 Å². The molecule has 0 spiro atoms. The highest BCUT2D eigenvalue weighted by Gasteiger charge is 2.00. The second kappa shape index (κ2) is 4.33. The lowest BCUT2D eigenvalue weighted by atomic mass is 10.5. The summed E-state index contributed by atoms with van der Waals surface area (Å²) in [4.78, 5) is 4.21. The lowest BCUT2D eigenvalue weighted by Crippen LogP contribution is -1.85. The first-order valence-corrected chi connectivity index (χ1v) is 5.22. The first kappa shape index (κ1) is 9.36. The number of alkyl halides is 1. The summed E-state index contributed by atoms with van der Waals surface area (Å²) in [5.74, 6) is 0. The van der Waals surface area contributed by atoms with E-state index in [4.69, 9.17) is 11.6 Å². The van der Waals surface area contributed by atoms with Gasteiger partial charge in [0.2, 0.25) is 0 Å². The third-order valence-electron chi connectivity index (χ3n) is 0.973. The van der Waals surface area contributed by atoms with Crippen molar-refractivity contribution in [2.24, 2.45) is 0 Å². The summed E-state index contributed by atoms with van der Waals surface area (Å²) < 4.78 is 0.914. The fourth-order valence-corrected chi connectivity index (χ4v) is 2.00. The zero-order valence-corrected chi connectivity index (χ0v) is 9.08. The van der Waals surface area contributed by atoms with E-state index < -0.39 is 0 Å². The van der Waals surface area contributed by atoms with Crippen LogP contribution < -0.4 is 0 Å². The van der Waals surface area contributed by atoms with Crippen molar-refractivity contribution in [3.05, 3.63) is 22.8 Å². The van der Waals surface area contributed by atoms with Crippen molar-refractivity contribution in [2.75, 3.05) is 0 Å². The minimum Gasteiger partial charge on any atom is -0.235 e. The van der Waals surface area contributed by atoms with Gasteiger partial charge in [-0.15, -0.1) is 11.6 Å². The van der Waals surface area contributed by atoms with Gasteiger partial charge >= 0.3 is 0 Å². The van der Waals surface area contributed by atoms with Gasteiger partial charge in [-0.1, -0.05) is 17.8 Å². The van der Waals surface area contributed by atoms with E-state index in [2.05, 4.69) is 20.9 Å². The van der Waals surface area contributed by atoms with Gasteiger partial charge in [-0.05, 0) is 35.0 Å². The molecule has 0 aromatic carbocycles. The van der Waals surface area contributed by atoms with Crippen LogP contribution in [0.4, 0.5) is 0 Å². The van der Waals surface area contributed by atoms with Crippen LogP contribution in [-0.2, 0) is 0 Å². The van der Waals surface area contributed by atoms with Crippen LogP contribution in [-0.4, -0.2) is 9.69 Å². The van der Waals surface area contributed by atoms with E-state index in [-0.39, 0.29) is 4.71 Å². The lowest BCUT2D eigenvalue weighted by molar-refractivity contribution is 1.10. The van der Waals surface area contributed by atoms with Crippen molar-refractivity contribution in [1.29, 1.82) is 0 Å². The molecule has 1 unspecified atom stereocenters. The molecule has 0 radical (unpaired) electrons. The maximum atomic E-state index is 5.77. The van der Waals surface area contributed by atoms with Gasteiger partial charge in [0.15, 0.2) is 0 Å². The molecule has 4 heteroatoms. The second-order valence-corrected chi connectivity index (χ2v) is 5.05. The van der Waals surface area contributed by atoms with Crippen LogP contribution in [0.15, 0.2) is 27.8 Å². The lowest BCUT2D eigenvalue weighted by Gasteiger charge is -2.00. The van der Waals surface area contributed by atoms with Crippen LogP contribution in [0.1, 0.15) is 6.92 Å². The Morgan fingerprint density at radius 3 is 2.91 bits per heavy atom. The summed E-state index contributed by atoms with van der Waals surface area (Å²) in [6.07, 6.45) is 0. The molecule has 0 N–H and O–H groups in total. The third-order valence-corrected chi connectivity index (χ3v) is 2.48. The Hall–Kier alpha value is 0.270. The summed E-state index contributed by atoms with van der Waals surface area (Å²) >= 11 is 10.6. The Labute approximate surface area is 83.7 Å². The fraction of sp³-hybridized carbons (Fsp3) is 0.286. The van der Waals surface area contributed by atoms with E-state index >= 15 is 0 Å². The summed E-state index contributed by atoms with van der Waals surface area (Å²) in [5.41, 5.74) is 0. The normalized spacial score (nSPS) is 13.0. The molecule has 0 saturated carbocycles. The first-order valence-electron chi connectivity index (χ1n) is 3.12. The minimum absolute atomic E-state index is 0.0665. The molecule has 0 aliphatic heterocycles. The van der Waals surface area contributed by atoms with E-state index in [1.807, 2.05) is 25.1 Å². The number of aromatic nitrogens is 1. The molecule has 0 aliphatic carbocycles. The second-order valence-electron chi connectivity index (χ2n) is 1.96. The van der Waals surface area contributed by atoms with Gasteiger partial charge < -0.3 is 0 Å². The highest BCUT2D eigenvalue weighted by molar-refractivity contribution is 9.10. The van der Waals surface area contributed by atoms with E-state index in [1.165, 1.54) is 11.8 Å². The topological polar surface area (TPSA) is 12.9 Å². The number of pyridine rings is 1. The van der Waals surface area contributed by atoms with Crippen LogP contribution in [0.5, 0.6) is 0 Å². The van der Waals surface area contributed by atoms with Crippen molar-refractivity contribution in [3.8, 4) is 0 Å². The van der Waals surface area contributed by atoms with Crippen LogP contribution in [0.2, 0.25) is 0 Å². The zero-order chi connectivity index (χ0) is 8.27. The summed E-state index contributed by atoms with van der Waals surface area (Å²) in [6.45, 7) is 1.93. The van der Waals surface area contributed by atoms with Crippen molar-refractivity contribution in [3.63, 3.8) is 0 Å². The first-order chi connectivity index (χ1) is 5.18. The average Bonchev–Trinajstić information content (AvgIpc) is 1.85. The number of halogens is 2. The number of rotatable bonds is 2. The number of hydrogen-bond donors (Lipinski definition) is 0.